The first kappa shape index (κ1) is 18.2. The number of hydrazine groups is 1. The summed E-state index contributed by atoms with van der Waals surface area (Å²) < 4.78 is 28.6. The van der Waals surface area contributed by atoms with Crippen molar-refractivity contribution in [2.75, 3.05) is 11.5 Å². The lowest BCUT2D eigenvalue weighted by molar-refractivity contribution is -0.129. The van der Waals surface area contributed by atoms with Crippen LogP contribution in [-0.4, -0.2) is 31.7 Å². The molecule has 2 aromatic rings. The van der Waals surface area contributed by atoms with Crippen molar-refractivity contribution in [3.8, 4) is 0 Å². The van der Waals surface area contributed by atoms with Crippen LogP contribution in [0, 0.1) is 5.92 Å². The van der Waals surface area contributed by atoms with Crippen molar-refractivity contribution in [2.24, 2.45) is 5.92 Å². The third-order valence-electron chi connectivity index (χ3n) is 4.35. The van der Waals surface area contributed by atoms with E-state index in [1.165, 1.54) is 6.08 Å². The number of carbonyl (C=O) groups is 2. The van der Waals surface area contributed by atoms with Crippen LogP contribution in [-0.2, 0) is 25.8 Å². The molecule has 0 aliphatic carbocycles. The number of benzene rings is 1. The number of carbonyl (C=O) groups excluding carboxylic acids is 2. The molecule has 1 fully saturated rings. The van der Waals surface area contributed by atoms with Crippen LogP contribution in [0.5, 0.6) is 0 Å². The van der Waals surface area contributed by atoms with E-state index in [4.69, 9.17) is 4.42 Å². The number of fused-ring (bicyclic) bond motifs is 1. The molecule has 2 N–H and O–H groups in total. The Kier molecular flexibility index (Phi) is 5.13. The van der Waals surface area contributed by atoms with E-state index in [1.54, 1.807) is 6.08 Å². The average molecular weight is 376 g/mol. The maximum absolute atomic E-state index is 12.0. The first-order chi connectivity index (χ1) is 12.4. The monoisotopic (exact) mass is 376 g/mol. The zero-order valence-electron chi connectivity index (χ0n) is 14.3. The van der Waals surface area contributed by atoms with E-state index in [9.17, 15) is 18.0 Å². The quantitative estimate of drug-likeness (QED) is 0.623. The Hall–Kier alpha value is -2.61. The summed E-state index contributed by atoms with van der Waals surface area (Å²) in [5.41, 5.74) is 6.14. The molecule has 0 bridgehead atoms. The molecule has 2 heterocycles. The number of sulfone groups is 1. The Morgan fingerprint density at radius 2 is 2.04 bits per heavy atom. The highest BCUT2D eigenvalue weighted by molar-refractivity contribution is 7.91. The van der Waals surface area contributed by atoms with Gasteiger partial charge in [0.15, 0.2) is 9.84 Å². The first-order valence-corrected chi connectivity index (χ1v) is 10.2. The molecule has 0 saturated carbocycles. The Morgan fingerprint density at radius 1 is 1.27 bits per heavy atom. The Balaban J connectivity index is 1.63. The smallest absolute Gasteiger partial charge is 0.262 e. The molecule has 1 saturated heterocycles. The molecular weight excluding hydrogens is 356 g/mol. The highest BCUT2D eigenvalue weighted by atomic mass is 32.2. The second-order valence-corrected chi connectivity index (χ2v) is 8.43. The number of furan rings is 1. The van der Waals surface area contributed by atoms with Crippen molar-refractivity contribution in [3.05, 3.63) is 41.7 Å². The number of amides is 2. The van der Waals surface area contributed by atoms with Crippen molar-refractivity contribution in [2.45, 2.75) is 19.8 Å². The molecule has 2 amide bonds. The zero-order chi connectivity index (χ0) is 18.7. The fraction of sp³-hybridized carbons (Fsp3) is 0.333. The standard InChI is InChI=1S/C18H20N2O5S/c1-2-15-14(13-5-3-4-6-16(13)25-15)7-8-17(21)19-20-18(22)12-9-10-26(23,24)11-12/h3-8,12H,2,9-11H2,1H3,(H,19,21)(H,20,22)/b8-7+/t12-/m1/s1. The number of para-hydroxylation sites is 1. The van der Waals surface area contributed by atoms with Gasteiger partial charge in [0.25, 0.3) is 5.91 Å². The highest BCUT2D eigenvalue weighted by Gasteiger charge is 2.32. The minimum Gasteiger partial charge on any atom is -0.460 e. The molecule has 1 aromatic carbocycles. The molecule has 1 atom stereocenters. The van der Waals surface area contributed by atoms with E-state index < -0.39 is 27.6 Å². The van der Waals surface area contributed by atoms with E-state index in [0.717, 1.165) is 22.3 Å². The van der Waals surface area contributed by atoms with Crippen LogP contribution in [0.15, 0.2) is 34.8 Å². The number of rotatable bonds is 4. The molecule has 8 heteroatoms. The van der Waals surface area contributed by atoms with Crippen LogP contribution in [0.2, 0.25) is 0 Å². The van der Waals surface area contributed by atoms with Gasteiger partial charge in [-0.1, -0.05) is 25.1 Å². The minimum atomic E-state index is -3.15. The normalized spacial score (nSPS) is 19.0. The van der Waals surface area contributed by atoms with E-state index >= 15 is 0 Å². The summed E-state index contributed by atoms with van der Waals surface area (Å²) in [7, 11) is -3.15. The summed E-state index contributed by atoms with van der Waals surface area (Å²) in [6.07, 6.45) is 3.91. The van der Waals surface area contributed by atoms with Crippen molar-refractivity contribution in [1.29, 1.82) is 0 Å². The number of hydrogen-bond donors (Lipinski definition) is 2. The zero-order valence-corrected chi connectivity index (χ0v) is 15.1. The lowest BCUT2D eigenvalue weighted by atomic mass is 10.1. The second kappa shape index (κ2) is 7.33. The lowest BCUT2D eigenvalue weighted by Crippen LogP contribution is -2.44. The molecular formula is C18H20N2O5S. The predicted molar refractivity (Wildman–Crippen MR) is 97.7 cm³/mol. The predicted octanol–water partition coefficient (Wildman–Crippen LogP) is 1.59. The van der Waals surface area contributed by atoms with Gasteiger partial charge in [-0.15, -0.1) is 0 Å². The molecule has 7 nitrogen and oxygen atoms in total. The Labute approximate surface area is 151 Å². The highest BCUT2D eigenvalue weighted by Crippen LogP contribution is 2.27. The maximum Gasteiger partial charge on any atom is 0.262 e. The van der Waals surface area contributed by atoms with Crippen LogP contribution in [0.25, 0.3) is 17.0 Å². The van der Waals surface area contributed by atoms with Crippen molar-refractivity contribution < 1.29 is 22.4 Å². The van der Waals surface area contributed by atoms with Crippen molar-refractivity contribution >= 4 is 38.7 Å². The molecule has 1 aliphatic rings. The lowest BCUT2D eigenvalue weighted by Gasteiger charge is -2.09. The van der Waals surface area contributed by atoms with E-state index in [2.05, 4.69) is 10.9 Å². The molecule has 0 radical (unpaired) electrons. The minimum absolute atomic E-state index is 0.00624. The SMILES string of the molecule is CCc1oc2ccccc2c1/C=C/C(=O)NNC(=O)[C@@H]1CCS(=O)(=O)C1. The summed E-state index contributed by atoms with van der Waals surface area (Å²) >= 11 is 0. The van der Waals surface area contributed by atoms with E-state index in [-0.39, 0.29) is 17.9 Å². The van der Waals surface area contributed by atoms with Crippen LogP contribution in [0.1, 0.15) is 24.7 Å². The Morgan fingerprint density at radius 3 is 2.73 bits per heavy atom. The number of nitrogens with one attached hydrogen (secondary N) is 2. The first-order valence-electron chi connectivity index (χ1n) is 8.38. The topological polar surface area (TPSA) is 105 Å². The summed E-state index contributed by atoms with van der Waals surface area (Å²) in [6.45, 7) is 1.96. The van der Waals surface area contributed by atoms with Gasteiger partial charge in [-0.2, -0.15) is 0 Å². The van der Waals surface area contributed by atoms with Crippen LogP contribution < -0.4 is 10.9 Å². The van der Waals surface area contributed by atoms with Crippen LogP contribution in [0.4, 0.5) is 0 Å². The summed E-state index contributed by atoms with van der Waals surface area (Å²) in [6, 6.07) is 7.55. The van der Waals surface area contributed by atoms with Gasteiger partial charge in [0, 0.05) is 23.4 Å². The second-order valence-electron chi connectivity index (χ2n) is 6.20. The molecule has 1 aliphatic heterocycles. The molecule has 1 aromatic heterocycles. The molecule has 0 unspecified atom stereocenters. The van der Waals surface area contributed by atoms with Crippen molar-refractivity contribution in [1.82, 2.24) is 10.9 Å². The van der Waals surface area contributed by atoms with Gasteiger partial charge < -0.3 is 4.42 Å². The van der Waals surface area contributed by atoms with Gasteiger partial charge in [-0.3, -0.25) is 20.4 Å². The number of hydrogen-bond acceptors (Lipinski definition) is 5. The third-order valence-corrected chi connectivity index (χ3v) is 6.11. The maximum atomic E-state index is 12.0. The number of aryl methyl sites for hydroxylation is 1. The van der Waals surface area contributed by atoms with Gasteiger partial charge >= 0.3 is 0 Å². The summed E-state index contributed by atoms with van der Waals surface area (Å²) in [5.74, 6) is -1.01. The summed E-state index contributed by atoms with van der Waals surface area (Å²) in [4.78, 5) is 23.9. The van der Waals surface area contributed by atoms with Gasteiger partial charge in [0.2, 0.25) is 5.91 Å². The largest absolute Gasteiger partial charge is 0.460 e. The fourth-order valence-electron chi connectivity index (χ4n) is 2.99. The van der Waals surface area contributed by atoms with Gasteiger partial charge in [-0.05, 0) is 18.6 Å². The molecule has 3 rings (SSSR count). The third kappa shape index (κ3) is 3.96. The van der Waals surface area contributed by atoms with E-state index in [0.29, 0.717) is 6.42 Å². The average Bonchev–Trinajstić information content (AvgIpc) is 3.17. The van der Waals surface area contributed by atoms with Crippen LogP contribution in [0.3, 0.4) is 0 Å². The summed E-state index contributed by atoms with van der Waals surface area (Å²) in [5, 5.41) is 0.911. The molecule has 26 heavy (non-hydrogen) atoms. The van der Waals surface area contributed by atoms with Crippen molar-refractivity contribution in [3.63, 3.8) is 0 Å². The van der Waals surface area contributed by atoms with E-state index in [1.807, 2.05) is 31.2 Å². The molecule has 0 spiro atoms. The van der Waals surface area contributed by atoms with Gasteiger partial charge in [0.05, 0.1) is 17.4 Å². The van der Waals surface area contributed by atoms with Gasteiger partial charge in [-0.25, -0.2) is 8.42 Å². The molecule has 138 valence electrons. The van der Waals surface area contributed by atoms with Gasteiger partial charge in [0.1, 0.15) is 11.3 Å². The van der Waals surface area contributed by atoms with Crippen LogP contribution >= 0.6 is 0 Å². The Bertz CT molecular complexity index is 975. The fourth-order valence-corrected chi connectivity index (χ4v) is 4.73.